The van der Waals surface area contributed by atoms with E-state index < -0.39 is 18.5 Å². The number of amides is 2. The first-order chi connectivity index (χ1) is 16.9. The van der Waals surface area contributed by atoms with Gasteiger partial charge >= 0.3 is 5.97 Å². The van der Waals surface area contributed by atoms with E-state index in [2.05, 4.69) is 10.6 Å². The first-order valence-electron chi connectivity index (χ1n) is 11.1. The lowest BCUT2D eigenvalue weighted by Gasteiger charge is -2.12. The summed E-state index contributed by atoms with van der Waals surface area (Å²) in [5.74, 6) is -0.710. The highest BCUT2D eigenvalue weighted by atomic mass is 16.5. The number of carbonyl (C=O) groups excluding carboxylic acids is 3. The predicted molar refractivity (Wildman–Crippen MR) is 132 cm³/mol. The quantitative estimate of drug-likeness (QED) is 0.427. The van der Waals surface area contributed by atoms with Gasteiger partial charge in [0, 0.05) is 6.54 Å². The number of ether oxygens (including phenoxy) is 3. The van der Waals surface area contributed by atoms with E-state index in [1.807, 2.05) is 38.1 Å². The molecule has 0 bridgehead atoms. The van der Waals surface area contributed by atoms with E-state index >= 15 is 0 Å². The minimum Gasteiger partial charge on any atom is -0.493 e. The maximum absolute atomic E-state index is 12.7. The highest BCUT2D eigenvalue weighted by Gasteiger charge is 2.16. The Balaban J connectivity index is 1.58. The van der Waals surface area contributed by atoms with E-state index in [0.29, 0.717) is 35.9 Å². The van der Waals surface area contributed by atoms with Gasteiger partial charge < -0.3 is 24.8 Å². The molecule has 2 amide bonds. The third-order valence-electron chi connectivity index (χ3n) is 5.05. The number of benzene rings is 3. The SMILES string of the molecule is CCOc1ccc(C(=O)OCC(=O)Nc2ccccc2C(=O)NCc2ccc(C)cc2)cc1OC. The lowest BCUT2D eigenvalue weighted by atomic mass is 10.1. The Morgan fingerprint density at radius 3 is 2.37 bits per heavy atom. The van der Waals surface area contributed by atoms with E-state index in [4.69, 9.17) is 14.2 Å². The molecule has 0 atom stereocenters. The third-order valence-corrected chi connectivity index (χ3v) is 5.05. The molecule has 0 aliphatic carbocycles. The Bertz CT molecular complexity index is 1190. The van der Waals surface area contributed by atoms with Gasteiger partial charge in [-0.25, -0.2) is 4.79 Å². The fraction of sp³-hybridized carbons (Fsp3) is 0.222. The molecule has 0 fully saturated rings. The topological polar surface area (TPSA) is 103 Å². The molecule has 2 N–H and O–H groups in total. The van der Waals surface area contributed by atoms with E-state index in [-0.39, 0.29) is 11.5 Å². The number of nitrogens with one attached hydrogen (secondary N) is 2. The number of para-hydroxylation sites is 1. The van der Waals surface area contributed by atoms with Crippen LogP contribution in [0.1, 0.15) is 38.8 Å². The Morgan fingerprint density at radius 1 is 0.914 bits per heavy atom. The van der Waals surface area contributed by atoms with Crippen molar-refractivity contribution in [1.29, 1.82) is 0 Å². The fourth-order valence-electron chi connectivity index (χ4n) is 3.24. The average molecular weight is 477 g/mol. The van der Waals surface area contributed by atoms with Crippen LogP contribution in [0.15, 0.2) is 66.7 Å². The van der Waals surface area contributed by atoms with Crippen molar-refractivity contribution in [3.05, 3.63) is 89.0 Å². The molecule has 0 radical (unpaired) electrons. The standard InChI is InChI=1S/C27H28N2O6/c1-4-34-23-14-13-20(15-24(23)33-3)27(32)35-17-25(30)29-22-8-6-5-7-21(22)26(31)28-16-19-11-9-18(2)10-12-19/h5-15H,4,16-17H2,1-3H3,(H,28,31)(H,29,30). The second-order valence-electron chi connectivity index (χ2n) is 7.64. The van der Waals surface area contributed by atoms with Gasteiger partial charge in [-0.05, 0) is 49.7 Å². The highest BCUT2D eigenvalue weighted by Crippen LogP contribution is 2.28. The van der Waals surface area contributed by atoms with Crippen LogP contribution in [0, 0.1) is 6.92 Å². The normalized spacial score (nSPS) is 10.3. The molecule has 8 heteroatoms. The summed E-state index contributed by atoms with van der Waals surface area (Å²) < 4.78 is 15.8. The van der Waals surface area contributed by atoms with Crippen LogP contribution in [0.5, 0.6) is 11.5 Å². The van der Waals surface area contributed by atoms with Crippen LogP contribution in [0.3, 0.4) is 0 Å². The van der Waals surface area contributed by atoms with Gasteiger partial charge in [-0.15, -0.1) is 0 Å². The Morgan fingerprint density at radius 2 is 1.66 bits per heavy atom. The smallest absolute Gasteiger partial charge is 0.338 e. The highest BCUT2D eigenvalue weighted by molar-refractivity contribution is 6.04. The van der Waals surface area contributed by atoms with Gasteiger partial charge in [-0.1, -0.05) is 42.0 Å². The monoisotopic (exact) mass is 476 g/mol. The first kappa shape index (κ1) is 25.3. The number of rotatable bonds is 10. The minimum atomic E-state index is -0.689. The van der Waals surface area contributed by atoms with Gasteiger partial charge in [0.1, 0.15) is 0 Å². The van der Waals surface area contributed by atoms with Crippen LogP contribution >= 0.6 is 0 Å². The summed E-state index contributed by atoms with van der Waals surface area (Å²) in [6.45, 7) is 4.11. The van der Waals surface area contributed by atoms with Crippen molar-refractivity contribution in [2.45, 2.75) is 20.4 Å². The summed E-state index contributed by atoms with van der Waals surface area (Å²) in [7, 11) is 1.47. The average Bonchev–Trinajstić information content (AvgIpc) is 2.87. The number of hydrogen-bond donors (Lipinski definition) is 2. The zero-order valence-electron chi connectivity index (χ0n) is 19.9. The van der Waals surface area contributed by atoms with Gasteiger partial charge in [0.15, 0.2) is 18.1 Å². The van der Waals surface area contributed by atoms with Gasteiger partial charge in [-0.3, -0.25) is 9.59 Å². The van der Waals surface area contributed by atoms with Crippen LogP contribution in [0.2, 0.25) is 0 Å². The van der Waals surface area contributed by atoms with Crippen LogP contribution in [-0.4, -0.2) is 38.1 Å². The Hall–Kier alpha value is -4.33. The second kappa shape index (κ2) is 12.2. The largest absolute Gasteiger partial charge is 0.493 e. The third kappa shape index (κ3) is 7.07. The van der Waals surface area contributed by atoms with E-state index in [0.717, 1.165) is 11.1 Å². The summed E-state index contributed by atoms with van der Waals surface area (Å²) >= 11 is 0. The number of esters is 1. The molecule has 0 aliphatic rings. The van der Waals surface area contributed by atoms with Crippen LogP contribution in [0.25, 0.3) is 0 Å². The maximum Gasteiger partial charge on any atom is 0.338 e. The van der Waals surface area contributed by atoms with Crippen molar-refractivity contribution in [2.75, 3.05) is 25.6 Å². The van der Waals surface area contributed by atoms with Crippen LogP contribution < -0.4 is 20.1 Å². The van der Waals surface area contributed by atoms with Gasteiger partial charge in [-0.2, -0.15) is 0 Å². The molecule has 0 saturated heterocycles. The lowest BCUT2D eigenvalue weighted by molar-refractivity contribution is -0.119. The zero-order valence-corrected chi connectivity index (χ0v) is 19.9. The molecule has 35 heavy (non-hydrogen) atoms. The zero-order chi connectivity index (χ0) is 25.2. The number of methoxy groups -OCH3 is 1. The van der Waals surface area contributed by atoms with Gasteiger partial charge in [0.2, 0.25) is 0 Å². The summed E-state index contributed by atoms with van der Waals surface area (Å²) in [5, 5.41) is 5.48. The van der Waals surface area contributed by atoms with Crippen molar-refractivity contribution in [3.8, 4) is 11.5 Å². The van der Waals surface area contributed by atoms with Crippen molar-refractivity contribution in [1.82, 2.24) is 5.32 Å². The molecule has 0 aliphatic heterocycles. The summed E-state index contributed by atoms with van der Waals surface area (Å²) in [5.41, 5.74) is 2.93. The molecule has 0 unspecified atom stereocenters. The van der Waals surface area contributed by atoms with Crippen molar-refractivity contribution in [2.24, 2.45) is 0 Å². The molecular formula is C27H28N2O6. The van der Waals surface area contributed by atoms with Crippen molar-refractivity contribution >= 4 is 23.5 Å². The van der Waals surface area contributed by atoms with Crippen molar-refractivity contribution < 1.29 is 28.6 Å². The molecule has 0 spiro atoms. The molecule has 3 aromatic carbocycles. The van der Waals surface area contributed by atoms with E-state index in [1.54, 1.807) is 30.3 Å². The molecule has 0 saturated carbocycles. The molecule has 0 aromatic heterocycles. The van der Waals surface area contributed by atoms with Gasteiger partial charge in [0.05, 0.1) is 30.5 Å². The summed E-state index contributed by atoms with van der Waals surface area (Å²) in [4.78, 5) is 37.5. The summed E-state index contributed by atoms with van der Waals surface area (Å²) in [6.07, 6.45) is 0. The number of carbonyl (C=O) groups is 3. The molecular weight excluding hydrogens is 448 g/mol. The number of hydrogen-bond acceptors (Lipinski definition) is 6. The van der Waals surface area contributed by atoms with Crippen LogP contribution in [0.4, 0.5) is 5.69 Å². The predicted octanol–water partition coefficient (Wildman–Crippen LogP) is 4.13. The maximum atomic E-state index is 12.7. The lowest BCUT2D eigenvalue weighted by Crippen LogP contribution is -2.26. The fourth-order valence-corrected chi connectivity index (χ4v) is 3.24. The Kier molecular flexibility index (Phi) is 8.83. The van der Waals surface area contributed by atoms with Crippen molar-refractivity contribution in [3.63, 3.8) is 0 Å². The minimum absolute atomic E-state index is 0.217. The molecule has 0 heterocycles. The van der Waals surface area contributed by atoms with Gasteiger partial charge in [0.25, 0.3) is 11.8 Å². The van der Waals surface area contributed by atoms with E-state index in [9.17, 15) is 14.4 Å². The molecule has 3 aromatic rings. The van der Waals surface area contributed by atoms with Crippen LogP contribution in [-0.2, 0) is 16.1 Å². The number of aryl methyl sites for hydroxylation is 1. The molecule has 182 valence electrons. The Labute approximate surface area is 204 Å². The van der Waals surface area contributed by atoms with E-state index in [1.165, 1.54) is 19.2 Å². The summed E-state index contributed by atoms with van der Waals surface area (Å²) in [6, 6.07) is 19.1. The number of anilines is 1. The molecule has 3 rings (SSSR count). The first-order valence-corrected chi connectivity index (χ1v) is 11.1. The molecule has 8 nitrogen and oxygen atoms in total. The second-order valence-corrected chi connectivity index (χ2v) is 7.64.